The van der Waals surface area contributed by atoms with E-state index in [-0.39, 0.29) is 29.2 Å². The highest BCUT2D eigenvalue weighted by molar-refractivity contribution is 6.10. The van der Waals surface area contributed by atoms with E-state index in [0.717, 1.165) is 55.9 Å². The number of halogens is 1. The van der Waals surface area contributed by atoms with Gasteiger partial charge in [-0.2, -0.15) is 0 Å². The number of benzene rings is 2. The van der Waals surface area contributed by atoms with Gasteiger partial charge in [-0.15, -0.1) is 0 Å². The number of amides is 1. The van der Waals surface area contributed by atoms with Crippen LogP contribution in [0.2, 0.25) is 0 Å². The standard InChI is InChI=1S/C33H44FN3O2/c1-23(2)39-29-14-8-10-26(20-29)22-37-18-17-33(21-24(37)3)30(16-15-25-9-7-11-27(34)19-25)31(38)36-32(33)35-28-12-5-4-6-13-28/h7-11,14,19-20,23-24,28,30H,4-6,12-13,15-18,21-22H2,1-3H3,(H,35,36,38)/t24-,30?,33-/m0/s1. The Morgan fingerprint density at radius 1 is 1.10 bits per heavy atom. The summed E-state index contributed by atoms with van der Waals surface area (Å²) >= 11 is 0. The van der Waals surface area contributed by atoms with Crippen molar-refractivity contribution in [2.75, 3.05) is 6.54 Å². The molecule has 1 unspecified atom stereocenters. The summed E-state index contributed by atoms with van der Waals surface area (Å²) in [5, 5.41) is 3.27. The van der Waals surface area contributed by atoms with Crippen LogP contribution in [0.15, 0.2) is 53.5 Å². The van der Waals surface area contributed by atoms with E-state index in [1.807, 2.05) is 26.0 Å². The minimum absolute atomic E-state index is 0.0974. The molecule has 1 saturated carbocycles. The van der Waals surface area contributed by atoms with Crippen LogP contribution in [-0.4, -0.2) is 41.4 Å². The van der Waals surface area contributed by atoms with Crippen LogP contribution >= 0.6 is 0 Å². The summed E-state index contributed by atoms with van der Waals surface area (Å²) in [6, 6.07) is 15.8. The Kier molecular flexibility index (Phi) is 8.70. The summed E-state index contributed by atoms with van der Waals surface area (Å²) in [7, 11) is 0. The van der Waals surface area contributed by atoms with E-state index in [0.29, 0.717) is 24.9 Å². The molecule has 2 aromatic rings. The number of aryl methyl sites for hydroxylation is 1. The lowest BCUT2D eigenvalue weighted by molar-refractivity contribution is -0.125. The van der Waals surface area contributed by atoms with Crippen molar-refractivity contribution in [1.29, 1.82) is 0 Å². The SMILES string of the molecule is CC(C)Oc1cccc(CN2CC[C@@]3(C[C@@H]2C)C(=NC2CCCCC2)NC(=O)C3CCc2cccc(F)c2)c1. The molecule has 2 aromatic carbocycles. The minimum atomic E-state index is -0.277. The highest BCUT2D eigenvalue weighted by Crippen LogP contribution is 2.48. The third kappa shape index (κ3) is 6.54. The van der Waals surface area contributed by atoms with Gasteiger partial charge >= 0.3 is 0 Å². The van der Waals surface area contributed by atoms with Gasteiger partial charge in [-0.3, -0.25) is 14.7 Å². The molecule has 5 rings (SSSR count). The Balaban J connectivity index is 1.36. The molecule has 1 aliphatic carbocycles. The first-order chi connectivity index (χ1) is 18.8. The number of piperidine rings is 1. The van der Waals surface area contributed by atoms with Crippen LogP contribution in [0.4, 0.5) is 4.39 Å². The molecule has 2 saturated heterocycles. The third-order valence-corrected chi connectivity index (χ3v) is 8.98. The number of ether oxygens (including phenoxy) is 1. The molecule has 210 valence electrons. The fraction of sp³-hybridized carbons (Fsp3) is 0.576. The molecule has 5 nitrogen and oxygen atoms in total. The molecule has 2 heterocycles. The monoisotopic (exact) mass is 533 g/mol. The zero-order valence-electron chi connectivity index (χ0n) is 23.8. The Morgan fingerprint density at radius 3 is 2.62 bits per heavy atom. The second-order valence-corrected chi connectivity index (χ2v) is 12.2. The number of aliphatic imine (C=N–C) groups is 1. The van der Waals surface area contributed by atoms with Crippen LogP contribution in [0.25, 0.3) is 0 Å². The van der Waals surface area contributed by atoms with E-state index in [1.54, 1.807) is 12.1 Å². The average Bonchev–Trinajstić information content (AvgIpc) is 3.14. The first kappa shape index (κ1) is 27.8. The molecule has 6 heteroatoms. The van der Waals surface area contributed by atoms with Crippen molar-refractivity contribution in [3.8, 4) is 5.75 Å². The fourth-order valence-electron chi connectivity index (χ4n) is 7.02. The zero-order valence-corrected chi connectivity index (χ0v) is 23.8. The topological polar surface area (TPSA) is 53.9 Å². The maximum atomic E-state index is 13.9. The molecule has 3 fully saturated rings. The fourth-order valence-corrected chi connectivity index (χ4v) is 7.02. The van der Waals surface area contributed by atoms with E-state index in [2.05, 4.69) is 35.3 Å². The minimum Gasteiger partial charge on any atom is -0.491 e. The van der Waals surface area contributed by atoms with E-state index in [4.69, 9.17) is 9.73 Å². The van der Waals surface area contributed by atoms with Crippen molar-refractivity contribution in [2.45, 2.75) is 103 Å². The van der Waals surface area contributed by atoms with Gasteiger partial charge in [0.1, 0.15) is 17.4 Å². The van der Waals surface area contributed by atoms with E-state index >= 15 is 0 Å². The first-order valence-electron chi connectivity index (χ1n) is 15.0. The Labute approximate surface area is 233 Å². The summed E-state index contributed by atoms with van der Waals surface area (Å²) in [5.74, 6) is 1.58. The molecule has 1 N–H and O–H groups in total. The molecule has 2 aliphatic heterocycles. The molecule has 1 spiro atoms. The number of nitrogens with zero attached hydrogens (tertiary/aromatic N) is 2. The van der Waals surface area contributed by atoms with E-state index in [1.165, 1.54) is 30.9 Å². The number of carbonyl (C=O) groups is 1. The lowest BCUT2D eigenvalue weighted by Gasteiger charge is -2.46. The molecule has 0 aromatic heterocycles. The number of rotatable bonds is 8. The Bertz CT molecular complexity index is 1180. The van der Waals surface area contributed by atoms with Crippen molar-refractivity contribution in [3.63, 3.8) is 0 Å². The zero-order chi connectivity index (χ0) is 27.4. The largest absolute Gasteiger partial charge is 0.491 e. The first-order valence-corrected chi connectivity index (χ1v) is 15.0. The van der Waals surface area contributed by atoms with E-state index < -0.39 is 0 Å². The van der Waals surface area contributed by atoms with Crippen molar-refractivity contribution in [3.05, 3.63) is 65.5 Å². The predicted molar refractivity (Wildman–Crippen MR) is 154 cm³/mol. The van der Waals surface area contributed by atoms with Gasteiger partial charge in [-0.25, -0.2) is 4.39 Å². The second-order valence-electron chi connectivity index (χ2n) is 12.2. The summed E-state index contributed by atoms with van der Waals surface area (Å²) in [4.78, 5) is 21.3. The van der Waals surface area contributed by atoms with Crippen molar-refractivity contribution < 1.29 is 13.9 Å². The number of nitrogens with one attached hydrogen (secondary N) is 1. The molecule has 1 amide bonds. The van der Waals surface area contributed by atoms with Crippen LogP contribution in [0, 0.1) is 17.2 Å². The van der Waals surface area contributed by atoms with Crippen LogP contribution in [-0.2, 0) is 17.8 Å². The highest BCUT2D eigenvalue weighted by atomic mass is 19.1. The van der Waals surface area contributed by atoms with Gasteiger partial charge in [-0.05, 0) is 101 Å². The molecule has 39 heavy (non-hydrogen) atoms. The van der Waals surface area contributed by atoms with Gasteiger partial charge in [0.15, 0.2) is 0 Å². The maximum Gasteiger partial charge on any atom is 0.229 e. The number of hydrogen-bond donors (Lipinski definition) is 1. The van der Waals surface area contributed by atoms with Gasteiger partial charge < -0.3 is 10.1 Å². The van der Waals surface area contributed by atoms with Gasteiger partial charge in [0.25, 0.3) is 0 Å². The van der Waals surface area contributed by atoms with E-state index in [9.17, 15) is 9.18 Å². The summed E-state index contributed by atoms with van der Waals surface area (Å²) in [6.07, 6.45) is 9.28. The van der Waals surface area contributed by atoms with Crippen molar-refractivity contribution in [2.24, 2.45) is 16.3 Å². The smallest absolute Gasteiger partial charge is 0.229 e. The Morgan fingerprint density at radius 2 is 1.87 bits per heavy atom. The molecule has 0 bridgehead atoms. The molecular weight excluding hydrogens is 489 g/mol. The van der Waals surface area contributed by atoms with Crippen LogP contribution < -0.4 is 10.1 Å². The molecule has 3 atom stereocenters. The van der Waals surface area contributed by atoms with Gasteiger partial charge in [0, 0.05) is 18.0 Å². The summed E-state index contributed by atoms with van der Waals surface area (Å²) in [5.41, 5.74) is 1.92. The van der Waals surface area contributed by atoms with Gasteiger partial charge in [-0.1, -0.05) is 43.5 Å². The highest BCUT2D eigenvalue weighted by Gasteiger charge is 2.55. The normalized spacial score (nSPS) is 27.4. The molecule has 3 aliphatic rings. The predicted octanol–water partition coefficient (Wildman–Crippen LogP) is 6.69. The van der Waals surface area contributed by atoms with Crippen LogP contribution in [0.3, 0.4) is 0 Å². The quantitative estimate of drug-likeness (QED) is 0.411. The number of amidine groups is 1. The Hall–Kier alpha value is -2.73. The lowest BCUT2D eigenvalue weighted by Crippen LogP contribution is -2.50. The molecule has 0 radical (unpaired) electrons. The van der Waals surface area contributed by atoms with Crippen LogP contribution in [0.1, 0.15) is 83.3 Å². The van der Waals surface area contributed by atoms with Gasteiger partial charge in [0.2, 0.25) is 5.91 Å². The van der Waals surface area contributed by atoms with Crippen molar-refractivity contribution in [1.82, 2.24) is 10.2 Å². The lowest BCUT2D eigenvalue weighted by atomic mass is 9.66. The third-order valence-electron chi connectivity index (χ3n) is 8.98. The van der Waals surface area contributed by atoms with Gasteiger partial charge in [0.05, 0.1) is 18.1 Å². The summed E-state index contributed by atoms with van der Waals surface area (Å²) in [6.45, 7) is 8.16. The number of likely N-dealkylation sites (tertiary alicyclic amines) is 1. The maximum absolute atomic E-state index is 13.9. The average molecular weight is 534 g/mol. The number of hydrogen-bond acceptors (Lipinski definition) is 4. The van der Waals surface area contributed by atoms with Crippen LogP contribution in [0.5, 0.6) is 5.75 Å². The second kappa shape index (κ2) is 12.2. The number of carbonyl (C=O) groups excluding carboxylic acids is 1. The van der Waals surface area contributed by atoms with Crippen molar-refractivity contribution >= 4 is 11.7 Å². The molecular formula is C33H44FN3O2. The summed E-state index contributed by atoms with van der Waals surface area (Å²) < 4.78 is 19.8.